The zero-order valence-electron chi connectivity index (χ0n) is 6.67. The van der Waals surface area contributed by atoms with Crippen molar-refractivity contribution in [3.05, 3.63) is 23.8 Å². The number of hydrogen-bond acceptors (Lipinski definition) is 1. The SMILES string of the molecule is CCc1ccc2c(c1)N=CB2. The fourth-order valence-corrected chi connectivity index (χ4v) is 1.36. The van der Waals surface area contributed by atoms with Crippen LogP contribution in [0.25, 0.3) is 0 Å². The Balaban J connectivity index is 2.47. The number of benzene rings is 1. The predicted molar refractivity (Wildman–Crippen MR) is 50.8 cm³/mol. The Kier molecular flexibility index (Phi) is 1.53. The van der Waals surface area contributed by atoms with Crippen molar-refractivity contribution >= 4 is 24.5 Å². The van der Waals surface area contributed by atoms with E-state index in [2.05, 4.69) is 30.1 Å². The van der Waals surface area contributed by atoms with Gasteiger partial charge in [-0.2, -0.15) is 0 Å². The van der Waals surface area contributed by atoms with Gasteiger partial charge in [0.1, 0.15) is 0 Å². The third kappa shape index (κ3) is 1.09. The minimum atomic E-state index is 1.01. The monoisotopic (exact) mass is 143 g/mol. The lowest BCUT2D eigenvalue weighted by atomic mass is 9.73. The van der Waals surface area contributed by atoms with E-state index in [0.29, 0.717) is 0 Å². The maximum Gasteiger partial charge on any atom is 0.209 e. The lowest BCUT2D eigenvalue weighted by molar-refractivity contribution is 1.14. The molecule has 1 nitrogen and oxygen atoms in total. The molecule has 1 heterocycles. The molecule has 1 aromatic rings. The van der Waals surface area contributed by atoms with Crippen LogP contribution in [0.5, 0.6) is 0 Å². The van der Waals surface area contributed by atoms with Gasteiger partial charge in [-0.15, -0.1) is 0 Å². The minimum Gasteiger partial charge on any atom is -0.271 e. The summed E-state index contributed by atoms with van der Waals surface area (Å²) in [5.74, 6) is 0. The summed E-state index contributed by atoms with van der Waals surface area (Å²) in [6, 6.07) is 6.55. The Morgan fingerprint density at radius 2 is 2.36 bits per heavy atom. The minimum absolute atomic E-state index is 1.01. The summed E-state index contributed by atoms with van der Waals surface area (Å²) in [5.41, 5.74) is 3.91. The number of rotatable bonds is 1. The second-order valence-corrected chi connectivity index (χ2v) is 2.83. The van der Waals surface area contributed by atoms with Crippen molar-refractivity contribution in [3.63, 3.8) is 0 Å². The topological polar surface area (TPSA) is 12.4 Å². The van der Waals surface area contributed by atoms with Gasteiger partial charge in [0.25, 0.3) is 0 Å². The standard InChI is InChI=1S/C9H10BN/c1-2-7-3-4-8-9(5-7)11-6-10-8/h3-6,10H,2H2,1H3. The third-order valence-electron chi connectivity index (χ3n) is 2.10. The molecule has 0 aliphatic carbocycles. The Morgan fingerprint density at radius 3 is 3.18 bits per heavy atom. The lowest BCUT2D eigenvalue weighted by Crippen LogP contribution is -2.10. The van der Waals surface area contributed by atoms with Gasteiger partial charge in [-0.1, -0.05) is 24.5 Å². The van der Waals surface area contributed by atoms with Crippen molar-refractivity contribution in [2.45, 2.75) is 13.3 Å². The van der Waals surface area contributed by atoms with Crippen molar-refractivity contribution in [2.24, 2.45) is 4.99 Å². The van der Waals surface area contributed by atoms with Gasteiger partial charge >= 0.3 is 0 Å². The molecule has 0 spiro atoms. The first-order valence-corrected chi connectivity index (χ1v) is 4.04. The van der Waals surface area contributed by atoms with Gasteiger partial charge in [0, 0.05) is 0 Å². The molecule has 0 radical (unpaired) electrons. The van der Waals surface area contributed by atoms with Gasteiger partial charge in [-0.25, -0.2) is 0 Å². The zero-order chi connectivity index (χ0) is 7.68. The average molecular weight is 143 g/mol. The van der Waals surface area contributed by atoms with Crippen LogP contribution in [-0.4, -0.2) is 13.4 Å². The second-order valence-electron chi connectivity index (χ2n) is 2.83. The Bertz CT molecular complexity index is 304. The summed E-state index contributed by atoms with van der Waals surface area (Å²) < 4.78 is 0. The molecule has 2 rings (SSSR count). The van der Waals surface area contributed by atoms with Gasteiger partial charge in [0.15, 0.2) is 0 Å². The first kappa shape index (κ1) is 6.65. The van der Waals surface area contributed by atoms with Gasteiger partial charge in [0.2, 0.25) is 7.28 Å². The number of aliphatic imine (C=N–C) groups is 1. The van der Waals surface area contributed by atoms with Crippen molar-refractivity contribution in [3.8, 4) is 0 Å². The van der Waals surface area contributed by atoms with Gasteiger partial charge in [-0.3, -0.25) is 4.99 Å². The molecule has 11 heavy (non-hydrogen) atoms. The van der Waals surface area contributed by atoms with Crippen molar-refractivity contribution in [1.82, 2.24) is 0 Å². The number of fused-ring (bicyclic) bond motifs is 1. The molecule has 2 heteroatoms. The van der Waals surface area contributed by atoms with E-state index >= 15 is 0 Å². The molecule has 1 aliphatic heterocycles. The van der Waals surface area contributed by atoms with Crippen molar-refractivity contribution < 1.29 is 0 Å². The molecule has 0 fully saturated rings. The molecule has 0 unspecified atom stereocenters. The molecule has 0 bridgehead atoms. The third-order valence-corrected chi connectivity index (χ3v) is 2.10. The van der Waals surface area contributed by atoms with Crippen LogP contribution in [0, 0.1) is 0 Å². The fraction of sp³-hybridized carbons (Fsp3) is 0.222. The molecule has 0 aromatic heterocycles. The van der Waals surface area contributed by atoms with E-state index in [4.69, 9.17) is 0 Å². The highest BCUT2D eigenvalue weighted by atomic mass is 14.7. The maximum absolute atomic E-state index is 4.28. The summed E-state index contributed by atoms with van der Waals surface area (Å²) in [6.45, 7) is 2.17. The molecule has 0 amide bonds. The molecule has 0 N–H and O–H groups in total. The summed E-state index contributed by atoms with van der Waals surface area (Å²) >= 11 is 0. The van der Waals surface area contributed by atoms with E-state index in [-0.39, 0.29) is 0 Å². The summed E-state index contributed by atoms with van der Waals surface area (Å²) in [4.78, 5) is 4.28. The fourth-order valence-electron chi connectivity index (χ4n) is 1.36. The molecular formula is C9H10BN. The summed E-state index contributed by atoms with van der Waals surface area (Å²) in [6.07, 6.45) is 3.08. The zero-order valence-corrected chi connectivity index (χ0v) is 6.67. The van der Waals surface area contributed by atoms with E-state index < -0.39 is 0 Å². The van der Waals surface area contributed by atoms with Gasteiger partial charge < -0.3 is 0 Å². The molecular weight excluding hydrogens is 133 g/mol. The second kappa shape index (κ2) is 2.53. The smallest absolute Gasteiger partial charge is 0.209 e. The summed E-state index contributed by atoms with van der Waals surface area (Å²) in [5, 5.41) is 0. The van der Waals surface area contributed by atoms with Crippen LogP contribution < -0.4 is 5.46 Å². The van der Waals surface area contributed by atoms with Crippen LogP contribution in [0.2, 0.25) is 0 Å². The molecule has 0 saturated heterocycles. The van der Waals surface area contributed by atoms with Crippen LogP contribution >= 0.6 is 0 Å². The lowest BCUT2D eigenvalue weighted by Gasteiger charge is -1.99. The Hall–Kier alpha value is -1.05. The number of hydrogen-bond donors (Lipinski definition) is 0. The quantitative estimate of drug-likeness (QED) is 0.519. The highest BCUT2D eigenvalue weighted by Crippen LogP contribution is 2.13. The largest absolute Gasteiger partial charge is 0.271 e. The van der Waals surface area contributed by atoms with E-state index in [1.165, 1.54) is 16.7 Å². The van der Waals surface area contributed by atoms with Crippen LogP contribution in [0.4, 0.5) is 5.69 Å². The number of nitrogens with zero attached hydrogens (tertiary/aromatic N) is 1. The first-order chi connectivity index (χ1) is 5.40. The van der Waals surface area contributed by atoms with Crippen LogP contribution in [-0.2, 0) is 6.42 Å². The molecule has 0 saturated carbocycles. The maximum atomic E-state index is 4.28. The van der Waals surface area contributed by atoms with Crippen LogP contribution in [0.1, 0.15) is 12.5 Å². The molecule has 54 valence electrons. The molecule has 1 aromatic carbocycles. The predicted octanol–water partition coefficient (Wildman–Crippen LogP) is 0.984. The molecule has 1 aliphatic rings. The van der Waals surface area contributed by atoms with Gasteiger partial charge in [-0.05, 0) is 24.2 Å². The van der Waals surface area contributed by atoms with Crippen LogP contribution in [0.15, 0.2) is 23.2 Å². The average Bonchev–Trinajstić information content (AvgIpc) is 2.50. The summed E-state index contributed by atoms with van der Waals surface area (Å²) in [7, 11) is 1.01. The van der Waals surface area contributed by atoms with E-state index in [1.54, 1.807) is 0 Å². The highest BCUT2D eigenvalue weighted by molar-refractivity contribution is 6.82. The Labute approximate surface area is 67.4 Å². The molecule has 0 atom stereocenters. The van der Waals surface area contributed by atoms with Crippen molar-refractivity contribution in [2.75, 3.05) is 0 Å². The van der Waals surface area contributed by atoms with E-state index in [1.807, 2.05) is 6.11 Å². The normalized spacial score (nSPS) is 12.8. The highest BCUT2D eigenvalue weighted by Gasteiger charge is 2.06. The van der Waals surface area contributed by atoms with E-state index in [0.717, 1.165) is 13.7 Å². The van der Waals surface area contributed by atoms with E-state index in [9.17, 15) is 0 Å². The van der Waals surface area contributed by atoms with Crippen molar-refractivity contribution in [1.29, 1.82) is 0 Å². The Morgan fingerprint density at radius 1 is 1.45 bits per heavy atom. The number of aryl methyl sites for hydroxylation is 1. The first-order valence-electron chi connectivity index (χ1n) is 4.04. The van der Waals surface area contributed by atoms with Crippen LogP contribution in [0.3, 0.4) is 0 Å². The van der Waals surface area contributed by atoms with Gasteiger partial charge in [0.05, 0.1) is 5.69 Å².